The van der Waals surface area contributed by atoms with Crippen LogP contribution < -0.4 is 5.32 Å². The van der Waals surface area contributed by atoms with E-state index in [1.165, 1.54) is 29.3 Å². The summed E-state index contributed by atoms with van der Waals surface area (Å²) in [6, 6.07) is 3.75. The van der Waals surface area contributed by atoms with Crippen molar-refractivity contribution in [3.63, 3.8) is 0 Å². The van der Waals surface area contributed by atoms with Gasteiger partial charge in [0.15, 0.2) is 0 Å². The zero-order valence-corrected chi connectivity index (χ0v) is 12.1. The summed E-state index contributed by atoms with van der Waals surface area (Å²) >= 11 is 1.47. The van der Waals surface area contributed by atoms with Crippen LogP contribution in [0.5, 0.6) is 0 Å². The zero-order chi connectivity index (χ0) is 14.5. The number of rotatable bonds is 5. The highest BCUT2D eigenvalue weighted by atomic mass is 32.1. The Morgan fingerprint density at radius 2 is 2.25 bits per heavy atom. The minimum absolute atomic E-state index is 0.0192. The third-order valence-corrected chi connectivity index (χ3v) is 3.87. The van der Waals surface area contributed by atoms with Crippen molar-refractivity contribution in [1.82, 2.24) is 9.78 Å². The number of ether oxygens (including phenoxy) is 1. The molecule has 2 aromatic rings. The molecule has 0 spiro atoms. The first-order valence-corrected chi connectivity index (χ1v) is 6.93. The molecule has 0 unspecified atom stereocenters. The first kappa shape index (κ1) is 14.3. The second-order valence-electron chi connectivity index (χ2n) is 4.08. The van der Waals surface area contributed by atoms with Crippen LogP contribution in [0, 0.1) is 0 Å². The Hall–Kier alpha value is -2.15. The molecule has 1 amide bonds. The van der Waals surface area contributed by atoms with Crippen molar-refractivity contribution in [2.24, 2.45) is 0 Å². The van der Waals surface area contributed by atoms with E-state index in [1.807, 2.05) is 13.0 Å². The van der Waals surface area contributed by atoms with Gasteiger partial charge in [0.25, 0.3) is 5.91 Å². The van der Waals surface area contributed by atoms with Crippen molar-refractivity contribution in [2.75, 3.05) is 12.4 Å². The number of carbonyl (C=O) groups excluding carboxylic acids is 2. The molecule has 2 rings (SSSR count). The number of methoxy groups -OCH3 is 1. The molecule has 0 saturated heterocycles. The lowest BCUT2D eigenvalue weighted by Gasteiger charge is -2.00. The minimum Gasteiger partial charge on any atom is -0.468 e. The van der Waals surface area contributed by atoms with Crippen LogP contribution >= 0.6 is 11.3 Å². The highest BCUT2D eigenvalue weighted by molar-refractivity contribution is 7.14. The van der Waals surface area contributed by atoms with E-state index < -0.39 is 5.97 Å². The van der Waals surface area contributed by atoms with E-state index in [4.69, 9.17) is 0 Å². The molecule has 0 fully saturated rings. The highest BCUT2D eigenvalue weighted by Crippen LogP contribution is 2.18. The molecule has 0 atom stereocenters. The van der Waals surface area contributed by atoms with Crippen molar-refractivity contribution >= 4 is 28.9 Å². The summed E-state index contributed by atoms with van der Waals surface area (Å²) in [5.74, 6) is -0.566. The van der Waals surface area contributed by atoms with Crippen molar-refractivity contribution in [3.05, 3.63) is 34.3 Å². The Labute approximate surface area is 120 Å². The molecule has 6 nitrogen and oxygen atoms in total. The van der Waals surface area contributed by atoms with Crippen LogP contribution in [-0.4, -0.2) is 28.8 Å². The number of carbonyl (C=O) groups is 2. The van der Waals surface area contributed by atoms with Gasteiger partial charge in [0.2, 0.25) is 0 Å². The number of esters is 1. The number of thiophene rings is 1. The Morgan fingerprint density at radius 3 is 2.90 bits per heavy atom. The first-order chi connectivity index (χ1) is 9.62. The molecular formula is C13H15N3O3S. The Morgan fingerprint density at radius 1 is 1.45 bits per heavy atom. The molecule has 0 bridgehead atoms. The number of amides is 1. The molecule has 106 valence electrons. The average molecular weight is 293 g/mol. The van der Waals surface area contributed by atoms with Gasteiger partial charge in [0, 0.05) is 11.1 Å². The third kappa shape index (κ3) is 3.45. The van der Waals surface area contributed by atoms with Crippen LogP contribution in [0.4, 0.5) is 5.69 Å². The number of aromatic nitrogens is 2. The summed E-state index contributed by atoms with van der Waals surface area (Å²) in [7, 11) is 1.32. The predicted molar refractivity (Wildman–Crippen MR) is 75.9 cm³/mol. The Bertz CT molecular complexity index is 618. The maximum atomic E-state index is 12.0. The maximum Gasteiger partial charge on any atom is 0.327 e. The molecule has 0 aliphatic rings. The van der Waals surface area contributed by atoms with Gasteiger partial charge in [-0.25, -0.2) is 0 Å². The average Bonchev–Trinajstić information content (AvgIpc) is 3.07. The van der Waals surface area contributed by atoms with E-state index in [1.54, 1.807) is 12.3 Å². The summed E-state index contributed by atoms with van der Waals surface area (Å²) in [5.41, 5.74) is 0.547. The van der Waals surface area contributed by atoms with Crippen molar-refractivity contribution in [3.8, 4) is 0 Å². The fourth-order valence-corrected chi connectivity index (χ4v) is 2.44. The zero-order valence-electron chi connectivity index (χ0n) is 11.3. The molecule has 0 saturated carbocycles. The van der Waals surface area contributed by atoms with Gasteiger partial charge in [-0.3, -0.25) is 14.3 Å². The van der Waals surface area contributed by atoms with Crippen LogP contribution in [0.2, 0.25) is 0 Å². The molecule has 1 N–H and O–H groups in total. The van der Waals surface area contributed by atoms with E-state index in [-0.39, 0.29) is 12.5 Å². The van der Waals surface area contributed by atoms with E-state index in [0.717, 1.165) is 11.3 Å². The van der Waals surface area contributed by atoms with E-state index in [0.29, 0.717) is 10.6 Å². The fourth-order valence-electron chi connectivity index (χ4n) is 1.59. The number of hydrogen-bond acceptors (Lipinski definition) is 5. The number of hydrogen-bond donors (Lipinski definition) is 1. The summed E-state index contributed by atoms with van der Waals surface area (Å²) in [6.45, 7) is 2.07. The molecule has 7 heteroatoms. The summed E-state index contributed by atoms with van der Waals surface area (Å²) < 4.78 is 5.95. The van der Waals surface area contributed by atoms with Gasteiger partial charge in [0.05, 0.1) is 23.9 Å². The van der Waals surface area contributed by atoms with Gasteiger partial charge in [-0.05, 0) is 18.6 Å². The lowest BCUT2D eigenvalue weighted by molar-refractivity contribution is -0.141. The van der Waals surface area contributed by atoms with Gasteiger partial charge >= 0.3 is 5.97 Å². The Balaban J connectivity index is 1.99. The van der Waals surface area contributed by atoms with Gasteiger partial charge in [-0.1, -0.05) is 6.92 Å². The standard InChI is InChI=1S/C13H15N3O3S/c1-3-10-4-5-11(20-10)13(18)15-9-6-14-16(7-9)8-12(17)19-2/h4-7H,3,8H2,1-2H3,(H,15,18). The molecule has 20 heavy (non-hydrogen) atoms. The van der Waals surface area contributed by atoms with Crippen LogP contribution in [-0.2, 0) is 22.5 Å². The van der Waals surface area contributed by atoms with Crippen molar-refractivity contribution in [1.29, 1.82) is 0 Å². The Kier molecular flexibility index (Phi) is 4.52. The predicted octanol–water partition coefficient (Wildman–Crippen LogP) is 1.93. The van der Waals surface area contributed by atoms with Crippen LogP contribution in [0.15, 0.2) is 24.5 Å². The van der Waals surface area contributed by atoms with E-state index in [9.17, 15) is 9.59 Å². The molecule has 0 aliphatic carbocycles. The number of nitrogens with one attached hydrogen (secondary N) is 1. The second-order valence-corrected chi connectivity index (χ2v) is 5.24. The summed E-state index contributed by atoms with van der Waals surface area (Å²) in [6.07, 6.45) is 3.99. The molecule has 2 heterocycles. The smallest absolute Gasteiger partial charge is 0.327 e. The lowest BCUT2D eigenvalue weighted by Crippen LogP contribution is -2.12. The SMILES string of the molecule is CCc1ccc(C(=O)Nc2cnn(CC(=O)OC)c2)s1. The molecule has 0 radical (unpaired) electrons. The fraction of sp³-hybridized carbons (Fsp3) is 0.308. The lowest BCUT2D eigenvalue weighted by atomic mass is 10.3. The summed E-state index contributed by atoms with van der Waals surface area (Å²) in [5, 5.41) is 6.72. The number of nitrogens with zero attached hydrogens (tertiary/aromatic N) is 2. The van der Waals surface area contributed by atoms with E-state index >= 15 is 0 Å². The second kappa shape index (κ2) is 6.33. The van der Waals surface area contributed by atoms with Crippen molar-refractivity contribution in [2.45, 2.75) is 19.9 Å². The van der Waals surface area contributed by atoms with Crippen LogP contribution in [0.3, 0.4) is 0 Å². The largest absolute Gasteiger partial charge is 0.468 e. The van der Waals surface area contributed by atoms with Crippen LogP contribution in [0.25, 0.3) is 0 Å². The quantitative estimate of drug-likeness (QED) is 0.855. The summed E-state index contributed by atoms with van der Waals surface area (Å²) in [4.78, 5) is 24.9. The van der Waals surface area contributed by atoms with Gasteiger partial charge < -0.3 is 10.1 Å². The van der Waals surface area contributed by atoms with Gasteiger partial charge in [-0.15, -0.1) is 11.3 Å². The first-order valence-electron chi connectivity index (χ1n) is 6.11. The molecule has 2 aromatic heterocycles. The highest BCUT2D eigenvalue weighted by Gasteiger charge is 2.11. The van der Waals surface area contributed by atoms with Gasteiger partial charge in [0.1, 0.15) is 6.54 Å². The number of aryl methyl sites for hydroxylation is 1. The number of anilines is 1. The van der Waals surface area contributed by atoms with E-state index in [2.05, 4.69) is 15.2 Å². The van der Waals surface area contributed by atoms with Crippen LogP contribution in [0.1, 0.15) is 21.5 Å². The molecule has 0 aromatic carbocycles. The monoisotopic (exact) mass is 293 g/mol. The molecular weight excluding hydrogens is 278 g/mol. The topological polar surface area (TPSA) is 73.2 Å². The third-order valence-electron chi connectivity index (χ3n) is 2.64. The maximum absolute atomic E-state index is 12.0. The molecule has 0 aliphatic heterocycles. The minimum atomic E-state index is -0.392. The van der Waals surface area contributed by atoms with Gasteiger partial charge in [-0.2, -0.15) is 5.10 Å². The van der Waals surface area contributed by atoms with Crippen molar-refractivity contribution < 1.29 is 14.3 Å². The normalized spacial score (nSPS) is 10.3.